The van der Waals surface area contributed by atoms with E-state index in [4.69, 9.17) is 9.47 Å². The van der Waals surface area contributed by atoms with E-state index in [0.717, 1.165) is 30.5 Å². The Kier molecular flexibility index (Phi) is 7.10. The van der Waals surface area contributed by atoms with Crippen LogP contribution in [-0.4, -0.2) is 30.4 Å². The van der Waals surface area contributed by atoms with Crippen molar-refractivity contribution in [1.82, 2.24) is 0 Å². The summed E-state index contributed by atoms with van der Waals surface area (Å²) in [6, 6.07) is 11.7. The van der Waals surface area contributed by atoms with Crippen molar-refractivity contribution in [3.63, 3.8) is 0 Å². The van der Waals surface area contributed by atoms with Crippen LogP contribution >= 0.6 is 0 Å². The van der Waals surface area contributed by atoms with Gasteiger partial charge in [0.15, 0.2) is 5.78 Å². The Balaban J connectivity index is 1.23. The fraction of sp³-hybridized carbons (Fsp3) is 0.486. The van der Waals surface area contributed by atoms with Gasteiger partial charge in [-0.15, -0.1) is 0 Å². The topological polar surface area (TPSA) is 55.8 Å². The standard InChI is InChI=1S/C35H41NO4/c1-5-36(6-2)27-10-7-22(8-11-27)9-13-30(37)28-12-14-31(29-15-16-35(3,4)40-33(28)29)39-34(38)32-25-18-23-17-24(20-25)21-26(32)19-23/h7-16,23-26,32H,5-6,17-21H2,1-4H3/b13-9+. The first-order chi connectivity index (χ1) is 19.2. The Hall–Kier alpha value is -3.34. The second-order valence-corrected chi connectivity index (χ2v) is 12.7. The van der Waals surface area contributed by atoms with Crippen molar-refractivity contribution < 1.29 is 19.1 Å². The van der Waals surface area contributed by atoms with Gasteiger partial charge in [0.25, 0.3) is 0 Å². The average Bonchev–Trinajstić information content (AvgIpc) is 2.92. The first-order valence-corrected chi connectivity index (χ1v) is 15.1. The molecule has 5 aliphatic rings. The zero-order valence-corrected chi connectivity index (χ0v) is 24.2. The third kappa shape index (κ3) is 5.11. The Labute approximate surface area is 238 Å². The second-order valence-electron chi connectivity index (χ2n) is 12.7. The van der Waals surface area contributed by atoms with Crippen LogP contribution in [0.2, 0.25) is 0 Å². The molecule has 2 aromatic rings. The third-order valence-corrected chi connectivity index (χ3v) is 9.60. The number of fused-ring (bicyclic) bond motifs is 1. The van der Waals surface area contributed by atoms with E-state index >= 15 is 0 Å². The minimum absolute atomic E-state index is 0.00857. The molecule has 7 rings (SSSR count). The molecule has 0 unspecified atom stereocenters. The number of ether oxygens (including phenoxy) is 2. The zero-order chi connectivity index (χ0) is 28.0. The highest BCUT2D eigenvalue weighted by atomic mass is 16.5. The molecule has 0 radical (unpaired) electrons. The van der Waals surface area contributed by atoms with Crippen LogP contribution in [0.4, 0.5) is 5.69 Å². The summed E-state index contributed by atoms with van der Waals surface area (Å²) in [5.41, 5.74) is 2.69. The summed E-state index contributed by atoms with van der Waals surface area (Å²) in [7, 11) is 0. The molecule has 4 saturated carbocycles. The Bertz CT molecular complexity index is 1320. The van der Waals surface area contributed by atoms with Crippen LogP contribution < -0.4 is 14.4 Å². The van der Waals surface area contributed by atoms with Gasteiger partial charge < -0.3 is 14.4 Å². The molecule has 0 atom stereocenters. The molecule has 40 heavy (non-hydrogen) atoms. The highest BCUT2D eigenvalue weighted by molar-refractivity contribution is 6.09. The highest BCUT2D eigenvalue weighted by Gasteiger charge is 2.51. The maximum atomic E-state index is 13.5. The van der Waals surface area contributed by atoms with E-state index in [1.165, 1.54) is 37.8 Å². The van der Waals surface area contributed by atoms with Crippen LogP contribution in [0.1, 0.15) is 81.3 Å². The van der Waals surface area contributed by atoms with E-state index in [-0.39, 0.29) is 17.7 Å². The minimum Gasteiger partial charge on any atom is -0.482 e. The molecule has 0 amide bonds. The van der Waals surface area contributed by atoms with E-state index in [2.05, 4.69) is 30.9 Å². The molecule has 0 saturated heterocycles. The number of nitrogens with zero attached hydrogens (tertiary/aromatic N) is 1. The summed E-state index contributed by atoms with van der Waals surface area (Å²) in [4.78, 5) is 29.2. The number of esters is 1. The monoisotopic (exact) mass is 539 g/mol. The number of hydrogen-bond acceptors (Lipinski definition) is 5. The number of allylic oxidation sites excluding steroid dienone is 1. The summed E-state index contributed by atoms with van der Waals surface area (Å²) < 4.78 is 12.4. The number of ketones is 1. The Morgan fingerprint density at radius 3 is 2.23 bits per heavy atom. The van der Waals surface area contributed by atoms with Gasteiger partial charge in [0.05, 0.1) is 17.0 Å². The predicted molar refractivity (Wildman–Crippen MR) is 160 cm³/mol. The van der Waals surface area contributed by atoms with Crippen molar-refractivity contribution in [2.45, 2.75) is 65.4 Å². The zero-order valence-electron chi connectivity index (χ0n) is 24.2. The molecule has 0 aromatic heterocycles. The fourth-order valence-corrected chi connectivity index (χ4v) is 7.85. The van der Waals surface area contributed by atoms with Gasteiger partial charge >= 0.3 is 5.97 Å². The number of hydrogen-bond donors (Lipinski definition) is 0. The molecule has 2 aromatic carbocycles. The summed E-state index contributed by atoms with van der Waals surface area (Å²) >= 11 is 0. The molecule has 210 valence electrons. The molecule has 5 heteroatoms. The van der Waals surface area contributed by atoms with Crippen LogP contribution in [0.25, 0.3) is 12.2 Å². The van der Waals surface area contributed by atoms with Gasteiger partial charge in [-0.2, -0.15) is 0 Å². The lowest BCUT2D eigenvalue weighted by Gasteiger charge is -2.53. The van der Waals surface area contributed by atoms with Gasteiger partial charge in [-0.25, -0.2) is 0 Å². The predicted octanol–water partition coefficient (Wildman–Crippen LogP) is 7.59. The van der Waals surface area contributed by atoms with E-state index in [9.17, 15) is 9.59 Å². The van der Waals surface area contributed by atoms with Gasteiger partial charge in [-0.05, 0) is 132 Å². The van der Waals surface area contributed by atoms with Crippen molar-refractivity contribution in [1.29, 1.82) is 0 Å². The van der Waals surface area contributed by atoms with E-state index in [1.807, 2.05) is 44.2 Å². The van der Waals surface area contributed by atoms with Gasteiger partial charge in [0, 0.05) is 18.8 Å². The van der Waals surface area contributed by atoms with Crippen molar-refractivity contribution >= 4 is 29.6 Å². The van der Waals surface area contributed by atoms with Crippen molar-refractivity contribution in [2.24, 2.45) is 29.6 Å². The lowest BCUT2D eigenvalue weighted by atomic mass is 9.52. The average molecular weight is 540 g/mol. The number of anilines is 1. The van der Waals surface area contributed by atoms with Crippen molar-refractivity contribution in [3.8, 4) is 11.5 Å². The molecular weight excluding hydrogens is 498 g/mol. The fourth-order valence-electron chi connectivity index (χ4n) is 7.85. The van der Waals surface area contributed by atoms with Crippen LogP contribution in [0.5, 0.6) is 11.5 Å². The third-order valence-electron chi connectivity index (χ3n) is 9.60. The maximum Gasteiger partial charge on any atom is 0.314 e. The molecule has 4 bridgehead atoms. The van der Waals surface area contributed by atoms with E-state index in [1.54, 1.807) is 18.2 Å². The van der Waals surface area contributed by atoms with Crippen LogP contribution in [0.15, 0.2) is 48.6 Å². The lowest BCUT2D eigenvalue weighted by Crippen LogP contribution is -2.49. The summed E-state index contributed by atoms with van der Waals surface area (Å²) in [5.74, 6) is 3.21. The number of benzene rings is 2. The molecule has 0 N–H and O–H groups in total. The normalized spacial score (nSPS) is 27.4. The molecule has 4 aliphatic carbocycles. The Morgan fingerprint density at radius 2 is 1.60 bits per heavy atom. The molecule has 4 fully saturated rings. The van der Waals surface area contributed by atoms with Gasteiger partial charge in [0.1, 0.15) is 17.1 Å². The molecular formula is C35H41NO4. The van der Waals surface area contributed by atoms with E-state index in [0.29, 0.717) is 34.5 Å². The molecule has 1 aliphatic heterocycles. The highest BCUT2D eigenvalue weighted by Crippen LogP contribution is 2.57. The van der Waals surface area contributed by atoms with E-state index < -0.39 is 5.60 Å². The van der Waals surface area contributed by atoms with Crippen LogP contribution in [-0.2, 0) is 4.79 Å². The van der Waals surface area contributed by atoms with Gasteiger partial charge in [0.2, 0.25) is 0 Å². The largest absolute Gasteiger partial charge is 0.482 e. The van der Waals surface area contributed by atoms with Crippen LogP contribution in [0, 0.1) is 29.6 Å². The van der Waals surface area contributed by atoms with Crippen molar-refractivity contribution in [2.75, 3.05) is 18.0 Å². The van der Waals surface area contributed by atoms with Crippen molar-refractivity contribution in [3.05, 3.63) is 65.2 Å². The first kappa shape index (κ1) is 26.9. The molecule has 5 nitrogen and oxygen atoms in total. The summed E-state index contributed by atoms with van der Waals surface area (Å²) in [6.07, 6.45) is 13.3. The molecule has 0 spiro atoms. The maximum absolute atomic E-state index is 13.5. The second kappa shape index (κ2) is 10.6. The molecule has 1 heterocycles. The van der Waals surface area contributed by atoms with Gasteiger partial charge in [-0.1, -0.05) is 18.2 Å². The smallest absolute Gasteiger partial charge is 0.314 e. The number of carbonyl (C=O) groups excluding carboxylic acids is 2. The number of carbonyl (C=O) groups is 2. The Morgan fingerprint density at radius 1 is 0.950 bits per heavy atom. The summed E-state index contributed by atoms with van der Waals surface area (Å²) in [6.45, 7) is 10.1. The summed E-state index contributed by atoms with van der Waals surface area (Å²) in [5, 5.41) is 0. The quantitative estimate of drug-likeness (QED) is 0.150. The lowest BCUT2D eigenvalue weighted by molar-refractivity contribution is -0.152. The first-order valence-electron chi connectivity index (χ1n) is 15.1. The SMILES string of the molecule is CCN(CC)c1ccc(/C=C/C(=O)c2ccc(OC(=O)C3C4CC5CC(C4)CC3C5)c3c2OC(C)(C)C=C3)cc1. The minimum atomic E-state index is -0.573. The number of rotatable bonds is 8. The van der Waals surface area contributed by atoms with Crippen LogP contribution in [0.3, 0.4) is 0 Å². The van der Waals surface area contributed by atoms with Gasteiger partial charge in [-0.3, -0.25) is 9.59 Å².